The van der Waals surface area contributed by atoms with Crippen molar-refractivity contribution in [2.24, 2.45) is 0 Å². The van der Waals surface area contributed by atoms with E-state index in [0.717, 1.165) is 12.8 Å². The number of rotatable bonds is 7. The Kier molecular flexibility index (Phi) is 13.1. The summed E-state index contributed by atoms with van der Waals surface area (Å²) in [5.41, 5.74) is 28.4. The number of hydrogen-bond donors (Lipinski definition) is 0. The van der Waals surface area contributed by atoms with Gasteiger partial charge in [0.15, 0.2) is 0 Å². The lowest BCUT2D eigenvalue weighted by Gasteiger charge is -2.31. The largest absolute Gasteiger partial charge is 0.0725 e. The summed E-state index contributed by atoms with van der Waals surface area (Å²) in [6.45, 7) is 17.8. The third-order valence-electron chi connectivity index (χ3n) is 14.5. The minimum Gasteiger partial charge on any atom is -0.0651 e. The van der Waals surface area contributed by atoms with Crippen molar-refractivity contribution in [3.8, 4) is 55.6 Å². The summed E-state index contributed by atoms with van der Waals surface area (Å²) in [6.07, 6.45) is 3.45. The minimum absolute atomic E-state index is 0.291. The van der Waals surface area contributed by atoms with Crippen molar-refractivity contribution in [1.29, 1.82) is 0 Å². The second-order valence-electron chi connectivity index (χ2n) is 18.9. The molecule has 0 fully saturated rings. The molecule has 332 valence electrons. The van der Waals surface area contributed by atoms with Gasteiger partial charge in [-0.15, -0.1) is 0 Å². The Labute approximate surface area is 401 Å². The molecule has 0 saturated heterocycles. The standard InChI is InChI=1S/C39H36.2C14H14/c1-5-11-27-21-29(26(4)6-2)23-30(22-27)28-17-19-34-33-18-16-25(3)20-37(33)39(38(34)24-28)35-14-9-7-12-31(35)32-13-8-10-15-36(32)39;2*1-11-7-3-5-9-13(11)14-10-6-4-8-12(14)2/h7-10,12-24,26H,5-6,11H2,1-4H3;2*3-10H,1-2H3. The van der Waals surface area contributed by atoms with Crippen molar-refractivity contribution in [1.82, 2.24) is 0 Å². The van der Waals surface area contributed by atoms with Crippen molar-refractivity contribution in [2.45, 2.75) is 86.0 Å². The van der Waals surface area contributed by atoms with Crippen molar-refractivity contribution in [3.63, 3.8) is 0 Å². The smallest absolute Gasteiger partial charge is 0.0651 e. The van der Waals surface area contributed by atoms with Crippen LogP contribution < -0.4 is 0 Å². The molecule has 0 heterocycles. The Bertz CT molecular complexity index is 2990. The molecule has 1 spiro atoms. The zero-order chi connectivity index (χ0) is 46.7. The predicted molar refractivity (Wildman–Crippen MR) is 288 cm³/mol. The summed E-state index contributed by atoms with van der Waals surface area (Å²) < 4.78 is 0. The highest BCUT2D eigenvalue weighted by atomic mass is 14.5. The van der Waals surface area contributed by atoms with E-state index in [1.165, 1.54) is 123 Å². The van der Waals surface area contributed by atoms with Gasteiger partial charge >= 0.3 is 0 Å². The molecular weight excluding hydrogens is 805 g/mol. The van der Waals surface area contributed by atoms with Crippen molar-refractivity contribution < 1.29 is 0 Å². The average Bonchev–Trinajstić information content (AvgIpc) is 3.81. The monoisotopic (exact) mass is 869 g/mol. The summed E-state index contributed by atoms with van der Waals surface area (Å²) in [6, 6.07) is 73.9. The van der Waals surface area contributed by atoms with E-state index in [1.807, 2.05) is 0 Å². The molecule has 0 radical (unpaired) electrons. The summed E-state index contributed by atoms with van der Waals surface area (Å²) in [5, 5.41) is 0. The first-order valence-corrected chi connectivity index (χ1v) is 24.5. The summed E-state index contributed by atoms with van der Waals surface area (Å²) in [7, 11) is 0. The molecule has 11 rings (SSSR count). The SMILES string of the molecule is CCCc1cc(-c2ccc3c(c2)C2(c4ccccc4-c4ccccc42)c2cc(C)ccc2-3)cc(C(C)CC)c1.Cc1ccccc1-c1ccccc1C.Cc1ccccc1-c1ccccc1C. The van der Waals surface area contributed by atoms with E-state index in [-0.39, 0.29) is 5.41 Å². The third-order valence-corrected chi connectivity index (χ3v) is 14.5. The van der Waals surface area contributed by atoms with Gasteiger partial charge in [-0.05, 0) is 171 Å². The average molecular weight is 869 g/mol. The van der Waals surface area contributed by atoms with Crippen LogP contribution in [0.3, 0.4) is 0 Å². The highest BCUT2D eigenvalue weighted by Gasteiger charge is 2.51. The third kappa shape index (κ3) is 8.51. The van der Waals surface area contributed by atoms with Gasteiger partial charge in [-0.1, -0.05) is 227 Å². The van der Waals surface area contributed by atoms with Gasteiger partial charge < -0.3 is 0 Å². The molecule has 2 aliphatic carbocycles. The van der Waals surface area contributed by atoms with Crippen LogP contribution in [0.5, 0.6) is 0 Å². The van der Waals surface area contributed by atoms with Gasteiger partial charge in [0.2, 0.25) is 0 Å². The Morgan fingerprint density at radius 2 is 0.761 bits per heavy atom. The van der Waals surface area contributed by atoms with Crippen molar-refractivity contribution in [2.75, 3.05) is 0 Å². The fourth-order valence-electron chi connectivity index (χ4n) is 10.8. The Hall–Kier alpha value is -7.02. The van der Waals surface area contributed by atoms with Crippen molar-refractivity contribution in [3.05, 3.63) is 261 Å². The van der Waals surface area contributed by atoms with Gasteiger partial charge in [-0.3, -0.25) is 0 Å². The van der Waals surface area contributed by atoms with E-state index in [1.54, 1.807) is 0 Å². The molecule has 0 aliphatic heterocycles. The van der Waals surface area contributed by atoms with Crippen LogP contribution in [0.4, 0.5) is 0 Å². The van der Waals surface area contributed by atoms with E-state index in [2.05, 4.69) is 256 Å². The van der Waals surface area contributed by atoms with Crippen LogP contribution in [0.2, 0.25) is 0 Å². The first-order valence-electron chi connectivity index (χ1n) is 24.5. The molecule has 0 saturated carbocycles. The molecule has 9 aromatic carbocycles. The van der Waals surface area contributed by atoms with E-state index in [0.29, 0.717) is 5.92 Å². The van der Waals surface area contributed by atoms with E-state index >= 15 is 0 Å². The van der Waals surface area contributed by atoms with Crippen LogP contribution in [-0.4, -0.2) is 0 Å². The van der Waals surface area contributed by atoms with Gasteiger partial charge in [0.1, 0.15) is 0 Å². The Morgan fingerprint density at radius 1 is 0.358 bits per heavy atom. The summed E-state index contributed by atoms with van der Waals surface area (Å²) in [5.74, 6) is 0.558. The highest BCUT2D eigenvalue weighted by Crippen LogP contribution is 2.63. The predicted octanol–water partition coefficient (Wildman–Crippen LogP) is 18.4. The van der Waals surface area contributed by atoms with E-state index < -0.39 is 0 Å². The molecule has 0 heteroatoms. The zero-order valence-electron chi connectivity index (χ0n) is 40.8. The maximum Gasteiger partial charge on any atom is 0.0725 e. The lowest BCUT2D eigenvalue weighted by molar-refractivity contribution is 0.731. The van der Waals surface area contributed by atoms with Crippen LogP contribution in [0.15, 0.2) is 200 Å². The summed E-state index contributed by atoms with van der Waals surface area (Å²) >= 11 is 0. The van der Waals surface area contributed by atoms with Crippen LogP contribution in [0.1, 0.15) is 101 Å². The molecule has 0 N–H and O–H groups in total. The minimum atomic E-state index is -0.291. The molecule has 0 amide bonds. The van der Waals surface area contributed by atoms with Gasteiger partial charge in [-0.2, -0.15) is 0 Å². The zero-order valence-corrected chi connectivity index (χ0v) is 40.8. The second kappa shape index (κ2) is 19.4. The fourth-order valence-corrected chi connectivity index (χ4v) is 10.8. The molecule has 2 aliphatic rings. The molecular formula is C67H64. The van der Waals surface area contributed by atoms with Gasteiger partial charge in [0, 0.05) is 0 Å². The van der Waals surface area contributed by atoms with E-state index in [4.69, 9.17) is 0 Å². The van der Waals surface area contributed by atoms with Gasteiger partial charge in [-0.25, -0.2) is 0 Å². The lowest BCUT2D eigenvalue weighted by atomic mass is 9.70. The van der Waals surface area contributed by atoms with Crippen LogP contribution in [-0.2, 0) is 11.8 Å². The summed E-state index contributed by atoms with van der Waals surface area (Å²) in [4.78, 5) is 0. The van der Waals surface area contributed by atoms with Crippen LogP contribution >= 0.6 is 0 Å². The van der Waals surface area contributed by atoms with Crippen molar-refractivity contribution >= 4 is 0 Å². The Morgan fingerprint density at radius 3 is 1.21 bits per heavy atom. The van der Waals surface area contributed by atoms with E-state index in [9.17, 15) is 0 Å². The maximum absolute atomic E-state index is 2.52. The van der Waals surface area contributed by atoms with Gasteiger partial charge in [0.25, 0.3) is 0 Å². The first-order chi connectivity index (χ1) is 32.6. The van der Waals surface area contributed by atoms with Crippen LogP contribution in [0, 0.1) is 34.6 Å². The molecule has 1 atom stereocenters. The quantitative estimate of drug-likeness (QED) is 0.150. The molecule has 0 bridgehead atoms. The number of benzene rings is 9. The maximum atomic E-state index is 2.52. The first kappa shape index (κ1) is 45.1. The molecule has 0 aromatic heterocycles. The molecule has 1 unspecified atom stereocenters. The molecule has 9 aromatic rings. The second-order valence-corrected chi connectivity index (χ2v) is 18.9. The highest BCUT2D eigenvalue weighted by molar-refractivity contribution is 5.96. The number of fused-ring (bicyclic) bond motifs is 10. The van der Waals surface area contributed by atoms with Gasteiger partial charge in [0.05, 0.1) is 5.41 Å². The molecule has 67 heavy (non-hydrogen) atoms. The number of hydrogen-bond acceptors (Lipinski definition) is 0. The fraction of sp³-hybridized carbons (Fsp3) is 0.194. The molecule has 0 nitrogen and oxygen atoms in total. The number of aryl methyl sites for hydroxylation is 6. The normalized spacial score (nSPS) is 12.7. The van der Waals surface area contributed by atoms with Crippen LogP contribution in [0.25, 0.3) is 55.6 Å². The topological polar surface area (TPSA) is 0 Å². The lowest BCUT2D eigenvalue weighted by Crippen LogP contribution is -2.26. The Balaban J connectivity index is 0.000000163.